The molecule has 2 aromatic rings. The first-order valence-corrected chi connectivity index (χ1v) is 7.11. The smallest absolute Gasteiger partial charge is 0.335 e. The molecule has 8 heteroatoms. The van der Waals surface area contributed by atoms with Crippen LogP contribution in [-0.2, 0) is 22.8 Å². The van der Waals surface area contributed by atoms with Gasteiger partial charge in [0.15, 0.2) is 12.4 Å². The molecular weight excluding hydrogens is 288 g/mol. The van der Waals surface area contributed by atoms with Gasteiger partial charge in [0.05, 0.1) is 11.7 Å². The number of hydrogen-bond donors (Lipinski definition) is 1. The van der Waals surface area contributed by atoms with Crippen molar-refractivity contribution in [3.05, 3.63) is 27.2 Å². The largest absolute Gasteiger partial charge is 0.443 e. The molecule has 0 unspecified atom stereocenters. The van der Waals surface area contributed by atoms with Gasteiger partial charge >= 0.3 is 11.7 Å². The summed E-state index contributed by atoms with van der Waals surface area (Å²) in [6, 6.07) is 0. The maximum atomic E-state index is 12.4. The average molecular weight is 308 g/mol. The Morgan fingerprint density at radius 3 is 2.59 bits per heavy atom. The van der Waals surface area contributed by atoms with Crippen LogP contribution < -0.4 is 11.2 Å². The van der Waals surface area contributed by atoms with E-state index in [-0.39, 0.29) is 5.52 Å². The number of aryl methyl sites for hydroxylation is 1. The first kappa shape index (κ1) is 16.0. The van der Waals surface area contributed by atoms with Crippen LogP contribution in [-0.4, -0.2) is 25.1 Å². The number of carbonyl (C=O) groups excluding carboxylic acids is 1. The van der Waals surface area contributed by atoms with Gasteiger partial charge < -0.3 is 9.72 Å². The summed E-state index contributed by atoms with van der Waals surface area (Å²) in [6.45, 7) is 7.03. The molecular formula is C14H20N4O4. The van der Waals surface area contributed by atoms with Crippen LogP contribution in [0, 0.1) is 5.41 Å². The van der Waals surface area contributed by atoms with Gasteiger partial charge in [-0.3, -0.25) is 14.2 Å². The lowest BCUT2D eigenvalue weighted by Gasteiger charge is -2.17. The number of aromatic amines is 1. The van der Waals surface area contributed by atoms with Gasteiger partial charge in [0, 0.05) is 6.54 Å². The van der Waals surface area contributed by atoms with Crippen molar-refractivity contribution in [2.45, 2.75) is 47.4 Å². The summed E-state index contributed by atoms with van der Waals surface area (Å²) in [4.78, 5) is 43.3. The van der Waals surface area contributed by atoms with E-state index < -0.39 is 29.4 Å². The predicted octanol–water partition coefficient (Wildman–Crippen LogP) is 0.843. The van der Waals surface area contributed by atoms with E-state index in [1.807, 2.05) is 6.92 Å². The third-order valence-corrected chi connectivity index (χ3v) is 3.18. The fraction of sp³-hybridized carbons (Fsp3) is 0.571. The van der Waals surface area contributed by atoms with E-state index in [1.54, 1.807) is 20.8 Å². The van der Waals surface area contributed by atoms with Crippen LogP contribution in [0.1, 0.15) is 34.1 Å². The molecule has 2 rings (SSSR count). The maximum absolute atomic E-state index is 12.4. The number of nitrogens with zero attached hydrogens (tertiary/aromatic N) is 3. The molecule has 0 bridgehead atoms. The van der Waals surface area contributed by atoms with Crippen molar-refractivity contribution in [3.8, 4) is 0 Å². The van der Waals surface area contributed by atoms with E-state index >= 15 is 0 Å². The summed E-state index contributed by atoms with van der Waals surface area (Å²) in [5.41, 5.74) is -1.25. The van der Waals surface area contributed by atoms with Crippen molar-refractivity contribution in [3.63, 3.8) is 0 Å². The minimum absolute atomic E-state index is 0.222. The number of carbonyl (C=O) groups is 1. The lowest BCUT2D eigenvalue weighted by atomic mass is 9.98. The minimum atomic E-state index is -0.704. The van der Waals surface area contributed by atoms with Crippen molar-refractivity contribution >= 4 is 17.1 Å². The highest BCUT2D eigenvalue weighted by molar-refractivity contribution is 5.75. The topological polar surface area (TPSA) is 99.0 Å². The van der Waals surface area contributed by atoms with Crippen molar-refractivity contribution in [1.29, 1.82) is 0 Å². The zero-order valence-electron chi connectivity index (χ0n) is 13.2. The van der Waals surface area contributed by atoms with Crippen LogP contribution in [0.15, 0.2) is 15.9 Å². The van der Waals surface area contributed by atoms with Crippen LogP contribution in [0.2, 0.25) is 0 Å². The third kappa shape index (κ3) is 2.81. The molecule has 2 aromatic heterocycles. The lowest BCUT2D eigenvalue weighted by molar-refractivity contribution is -0.157. The van der Waals surface area contributed by atoms with Crippen LogP contribution in [0.4, 0.5) is 0 Å². The highest BCUT2D eigenvalue weighted by atomic mass is 16.5. The fourth-order valence-corrected chi connectivity index (χ4v) is 1.99. The molecule has 0 atom stereocenters. The summed E-state index contributed by atoms with van der Waals surface area (Å²) in [5.74, 6) is -0.481. The van der Waals surface area contributed by atoms with Crippen LogP contribution >= 0.6 is 0 Å². The molecule has 0 aliphatic rings. The molecule has 0 aliphatic heterocycles. The van der Waals surface area contributed by atoms with Gasteiger partial charge in [-0.1, -0.05) is 6.92 Å². The molecule has 120 valence electrons. The second-order valence-electron chi connectivity index (χ2n) is 6.08. The van der Waals surface area contributed by atoms with Crippen LogP contribution in [0.5, 0.6) is 0 Å². The summed E-state index contributed by atoms with van der Waals surface area (Å²) in [7, 11) is 0. The van der Waals surface area contributed by atoms with Gasteiger partial charge in [0.2, 0.25) is 0 Å². The second kappa shape index (κ2) is 5.78. The van der Waals surface area contributed by atoms with Gasteiger partial charge in [-0.2, -0.15) is 0 Å². The van der Waals surface area contributed by atoms with E-state index in [0.29, 0.717) is 18.6 Å². The number of ether oxygens (including phenoxy) is 1. The van der Waals surface area contributed by atoms with Gasteiger partial charge in [0.1, 0.15) is 5.52 Å². The number of nitrogens with one attached hydrogen (secondary N) is 1. The molecule has 1 N–H and O–H groups in total. The van der Waals surface area contributed by atoms with Crippen molar-refractivity contribution in [2.75, 3.05) is 0 Å². The Hall–Kier alpha value is -2.38. The zero-order valence-corrected chi connectivity index (χ0v) is 13.2. The molecule has 2 heterocycles. The monoisotopic (exact) mass is 308 g/mol. The SMILES string of the molecule is CCCn1c(=O)n(COC(=O)C(C)(C)C)c(=O)c2[nH]cnc21. The summed E-state index contributed by atoms with van der Waals surface area (Å²) in [5, 5.41) is 0. The summed E-state index contributed by atoms with van der Waals surface area (Å²) in [6.07, 6.45) is 2.07. The van der Waals surface area contributed by atoms with E-state index in [0.717, 1.165) is 4.57 Å². The Balaban J connectivity index is 2.48. The Morgan fingerprint density at radius 1 is 1.32 bits per heavy atom. The fourth-order valence-electron chi connectivity index (χ4n) is 1.99. The Kier molecular flexibility index (Phi) is 4.20. The van der Waals surface area contributed by atoms with Crippen LogP contribution in [0.25, 0.3) is 11.2 Å². The second-order valence-corrected chi connectivity index (χ2v) is 6.08. The normalized spacial score (nSPS) is 11.8. The van der Waals surface area contributed by atoms with Crippen LogP contribution in [0.3, 0.4) is 0 Å². The molecule has 0 saturated heterocycles. The quantitative estimate of drug-likeness (QED) is 0.844. The van der Waals surface area contributed by atoms with Gasteiger partial charge in [-0.25, -0.2) is 14.3 Å². The number of esters is 1. The van der Waals surface area contributed by atoms with Crippen molar-refractivity contribution in [2.24, 2.45) is 5.41 Å². The lowest BCUT2D eigenvalue weighted by Crippen LogP contribution is -2.41. The molecule has 0 spiro atoms. The van der Waals surface area contributed by atoms with Gasteiger partial charge in [0.25, 0.3) is 5.56 Å². The molecule has 0 fully saturated rings. The van der Waals surface area contributed by atoms with E-state index in [9.17, 15) is 14.4 Å². The highest BCUT2D eigenvalue weighted by Gasteiger charge is 2.24. The molecule has 22 heavy (non-hydrogen) atoms. The van der Waals surface area contributed by atoms with E-state index in [1.165, 1.54) is 10.9 Å². The third-order valence-electron chi connectivity index (χ3n) is 3.18. The standard InChI is InChI=1S/C14H20N4O4/c1-5-6-17-10-9(15-7-16-10)11(19)18(13(17)21)8-22-12(20)14(2,3)4/h7H,5-6,8H2,1-4H3,(H,15,16). The highest BCUT2D eigenvalue weighted by Crippen LogP contribution is 2.15. The van der Waals surface area contributed by atoms with Crippen molar-refractivity contribution < 1.29 is 9.53 Å². The summed E-state index contributed by atoms with van der Waals surface area (Å²) >= 11 is 0. The number of hydrogen-bond acceptors (Lipinski definition) is 5. The number of imidazole rings is 1. The van der Waals surface area contributed by atoms with Crippen molar-refractivity contribution in [1.82, 2.24) is 19.1 Å². The molecule has 0 saturated carbocycles. The van der Waals surface area contributed by atoms with E-state index in [4.69, 9.17) is 4.74 Å². The zero-order chi connectivity index (χ0) is 16.5. The molecule has 0 aromatic carbocycles. The minimum Gasteiger partial charge on any atom is -0.443 e. The molecule has 0 aliphatic carbocycles. The molecule has 8 nitrogen and oxygen atoms in total. The van der Waals surface area contributed by atoms with Gasteiger partial charge in [-0.05, 0) is 27.2 Å². The molecule has 0 amide bonds. The van der Waals surface area contributed by atoms with Gasteiger partial charge in [-0.15, -0.1) is 0 Å². The number of aromatic nitrogens is 4. The number of fused-ring (bicyclic) bond motifs is 1. The Bertz CT molecular complexity index is 807. The molecule has 0 radical (unpaired) electrons. The maximum Gasteiger partial charge on any atom is 0.335 e. The average Bonchev–Trinajstić information content (AvgIpc) is 2.91. The first-order chi connectivity index (χ1) is 10.3. The van der Waals surface area contributed by atoms with E-state index in [2.05, 4.69) is 9.97 Å². The first-order valence-electron chi connectivity index (χ1n) is 7.11. The predicted molar refractivity (Wildman–Crippen MR) is 80.5 cm³/mol. The summed E-state index contributed by atoms with van der Waals surface area (Å²) < 4.78 is 7.39. The Morgan fingerprint density at radius 2 is 2.00 bits per heavy atom. The number of H-pyrrole nitrogens is 1. The Labute approximate surface area is 126 Å². The number of rotatable bonds is 4.